The third-order valence-electron chi connectivity index (χ3n) is 3.34. The second-order valence-electron chi connectivity index (χ2n) is 5.15. The molecule has 0 saturated carbocycles. The number of hydrogen-bond acceptors (Lipinski definition) is 3. The van der Waals surface area contributed by atoms with E-state index in [-0.39, 0.29) is 5.60 Å². The second kappa shape index (κ2) is 4.67. The third-order valence-corrected chi connectivity index (χ3v) is 3.34. The number of rotatable bonds is 4. The van der Waals surface area contributed by atoms with Gasteiger partial charge in [0.2, 0.25) is 0 Å². The molecule has 1 N–H and O–H groups in total. The Morgan fingerprint density at radius 2 is 2.24 bits per heavy atom. The van der Waals surface area contributed by atoms with Gasteiger partial charge in [-0.05, 0) is 37.1 Å². The molecule has 0 radical (unpaired) electrons. The molecule has 1 aliphatic rings. The average Bonchev–Trinajstić information content (AvgIpc) is 2.75. The number of aliphatic hydroxyl groups is 1. The quantitative estimate of drug-likeness (QED) is 0.872. The van der Waals surface area contributed by atoms with Gasteiger partial charge < -0.3 is 14.6 Å². The van der Waals surface area contributed by atoms with Crippen LogP contribution in [0.15, 0.2) is 18.2 Å². The normalized spacial score (nSPS) is 16.5. The van der Waals surface area contributed by atoms with E-state index < -0.39 is 6.10 Å². The Hall–Kier alpha value is -1.06. The number of hydrogen-bond donors (Lipinski definition) is 1. The van der Waals surface area contributed by atoms with Gasteiger partial charge in [0.05, 0.1) is 18.3 Å². The van der Waals surface area contributed by atoms with E-state index in [9.17, 15) is 5.11 Å². The molecule has 1 heterocycles. The third kappa shape index (κ3) is 2.79. The lowest BCUT2D eigenvalue weighted by atomic mass is 9.94. The fraction of sp³-hybridized carbons (Fsp3) is 0.571. The van der Waals surface area contributed by atoms with Gasteiger partial charge in [-0.2, -0.15) is 0 Å². The average molecular weight is 236 g/mol. The smallest absolute Gasteiger partial charge is 0.122 e. The SMILES string of the molecule is COC(C)(C)CC(O)c1ccc2c(c1)CCO2. The second-order valence-corrected chi connectivity index (χ2v) is 5.15. The highest BCUT2D eigenvalue weighted by atomic mass is 16.5. The van der Waals surface area contributed by atoms with Crippen molar-refractivity contribution in [3.63, 3.8) is 0 Å². The molecule has 1 aromatic carbocycles. The molecular weight excluding hydrogens is 216 g/mol. The van der Waals surface area contributed by atoms with E-state index in [4.69, 9.17) is 9.47 Å². The summed E-state index contributed by atoms with van der Waals surface area (Å²) in [7, 11) is 1.67. The summed E-state index contributed by atoms with van der Waals surface area (Å²) >= 11 is 0. The van der Waals surface area contributed by atoms with Crippen LogP contribution in [0.1, 0.15) is 37.5 Å². The molecule has 0 spiro atoms. The highest BCUT2D eigenvalue weighted by molar-refractivity contribution is 5.40. The molecule has 0 aromatic heterocycles. The Kier molecular flexibility index (Phi) is 3.40. The molecule has 94 valence electrons. The van der Waals surface area contributed by atoms with Crippen LogP contribution in [0.5, 0.6) is 5.75 Å². The Labute approximate surface area is 102 Å². The first-order chi connectivity index (χ1) is 8.02. The molecule has 0 bridgehead atoms. The van der Waals surface area contributed by atoms with E-state index in [0.29, 0.717) is 6.42 Å². The van der Waals surface area contributed by atoms with Crippen molar-refractivity contribution in [2.75, 3.05) is 13.7 Å². The Morgan fingerprint density at radius 3 is 2.94 bits per heavy atom. The monoisotopic (exact) mass is 236 g/mol. The van der Waals surface area contributed by atoms with Crippen molar-refractivity contribution in [2.45, 2.75) is 38.4 Å². The number of fused-ring (bicyclic) bond motifs is 1. The summed E-state index contributed by atoms with van der Waals surface area (Å²) in [6.07, 6.45) is 1.03. The lowest BCUT2D eigenvalue weighted by Crippen LogP contribution is -2.25. The van der Waals surface area contributed by atoms with E-state index in [1.165, 1.54) is 5.56 Å². The predicted octanol–water partition coefficient (Wildman–Crippen LogP) is 2.47. The summed E-state index contributed by atoms with van der Waals surface area (Å²) in [6.45, 7) is 4.71. The summed E-state index contributed by atoms with van der Waals surface area (Å²) in [5.74, 6) is 0.951. The van der Waals surface area contributed by atoms with Gasteiger partial charge in [-0.3, -0.25) is 0 Å². The molecule has 1 unspecified atom stereocenters. The molecule has 17 heavy (non-hydrogen) atoms. The predicted molar refractivity (Wildman–Crippen MR) is 66.3 cm³/mol. The van der Waals surface area contributed by atoms with Crippen molar-refractivity contribution in [2.24, 2.45) is 0 Å². The van der Waals surface area contributed by atoms with Crippen molar-refractivity contribution in [3.8, 4) is 5.75 Å². The maximum atomic E-state index is 10.2. The van der Waals surface area contributed by atoms with Crippen LogP contribution in [0.4, 0.5) is 0 Å². The van der Waals surface area contributed by atoms with Gasteiger partial charge in [0.25, 0.3) is 0 Å². The van der Waals surface area contributed by atoms with Gasteiger partial charge in [-0.15, -0.1) is 0 Å². The molecule has 0 amide bonds. The van der Waals surface area contributed by atoms with E-state index in [1.807, 2.05) is 32.0 Å². The Bertz CT molecular complexity index is 398. The number of aliphatic hydroxyl groups excluding tert-OH is 1. The molecule has 3 nitrogen and oxygen atoms in total. The van der Waals surface area contributed by atoms with Gasteiger partial charge in [-0.1, -0.05) is 6.07 Å². The summed E-state index contributed by atoms with van der Waals surface area (Å²) in [5.41, 5.74) is 1.82. The summed E-state index contributed by atoms with van der Waals surface area (Å²) in [4.78, 5) is 0. The van der Waals surface area contributed by atoms with Gasteiger partial charge in [-0.25, -0.2) is 0 Å². The van der Waals surface area contributed by atoms with Crippen LogP contribution < -0.4 is 4.74 Å². The van der Waals surface area contributed by atoms with Crippen LogP contribution in [-0.4, -0.2) is 24.4 Å². The lowest BCUT2D eigenvalue weighted by molar-refractivity contribution is -0.0201. The van der Waals surface area contributed by atoms with Crippen LogP contribution in [0.2, 0.25) is 0 Å². The summed E-state index contributed by atoms with van der Waals surface area (Å²) < 4.78 is 10.8. The van der Waals surface area contributed by atoms with Crippen LogP contribution in [0.3, 0.4) is 0 Å². The van der Waals surface area contributed by atoms with Crippen molar-refractivity contribution in [1.82, 2.24) is 0 Å². The minimum absolute atomic E-state index is 0.311. The first-order valence-electron chi connectivity index (χ1n) is 6.01. The molecule has 2 rings (SSSR count). The van der Waals surface area contributed by atoms with Crippen LogP contribution in [0, 0.1) is 0 Å². The fourth-order valence-corrected chi connectivity index (χ4v) is 2.08. The lowest BCUT2D eigenvalue weighted by Gasteiger charge is -2.26. The maximum Gasteiger partial charge on any atom is 0.122 e. The molecule has 0 aliphatic carbocycles. The van der Waals surface area contributed by atoms with Crippen molar-refractivity contribution in [3.05, 3.63) is 29.3 Å². The molecule has 0 fully saturated rings. The van der Waals surface area contributed by atoms with Gasteiger partial charge in [0.15, 0.2) is 0 Å². The largest absolute Gasteiger partial charge is 0.493 e. The van der Waals surface area contributed by atoms with Crippen molar-refractivity contribution >= 4 is 0 Å². The van der Waals surface area contributed by atoms with Crippen LogP contribution in [-0.2, 0) is 11.2 Å². The minimum Gasteiger partial charge on any atom is -0.493 e. The molecule has 1 aromatic rings. The number of ether oxygens (including phenoxy) is 2. The summed E-state index contributed by atoms with van der Waals surface area (Å²) in [5, 5.41) is 10.2. The zero-order valence-corrected chi connectivity index (χ0v) is 10.7. The van der Waals surface area contributed by atoms with E-state index in [2.05, 4.69) is 0 Å². The number of benzene rings is 1. The van der Waals surface area contributed by atoms with E-state index in [1.54, 1.807) is 7.11 Å². The zero-order valence-electron chi connectivity index (χ0n) is 10.7. The highest BCUT2D eigenvalue weighted by Crippen LogP contribution is 2.31. The fourth-order valence-electron chi connectivity index (χ4n) is 2.08. The standard InChI is InChI=1S/C14H20O3/c1-14(2,16-3)9-12(15)10-4-5-13-11(8-10)6-7-17-13/h4-5,8,12,15H,6-7,9H2,1-3H3. The molecular formula is C14H20O3. The highest BCUT2D eigenvalue weighted by Gasteiger charge is 2.23. The number of methoxy groups -OCH3 is 1. The minimum atomic E-state index is -0.490. The van der Waals surface area contributed by atoms with Crippen LogP contribution in [0.25, 0.3) is 0 Å². The van der Waals surface area contributed by atoms with Gasteiger partial charge >= 0.3 is 0 Å². The van der Waals surface area contributed by atoms with E-state index in [0.717, 1.165) is 24.3 Å². The molecule has 1 aliphatic heterocycles. The topological polar surface area (TPSA) is 38.7 Å². The summed E-state index contributed by atoms with van der Waals surface area (Å²) in [6, 6.07) is 5.92. The molecule has 1 atom stereocenters. The Balaban J connectivity index is 2.12. The maximum absolute atomic E-state index is 10.2. The first-order valence-corrected chi connectivity index (χ1v) is 6.01. The molecule has 3 heteroatoms. The van der Waals surface area contributed by atoms with Crippen molar-refractivity contribution in [1.29, 1.82) is 0 Å². The van der Waals surface area contributed by atoms with Crippen molar-refractivity contribution < 1.29 is 14.6 Å². The van der Waals surface area contributed by atoms with Crippen LogP contribution >= 0.6 is 0 Å². The zero-order chi connectivity index (χ0) is 12.5. The van der Waals surface area contributed by atoms with Gasteiger partial charge in [0.1, 0.15) is 5.75 Å². The van der Waals surface area contributed by atoms with Gasteiger partial charge in [0, 0.05) is 20.0 Å². The Morgan fingerprint density at radius 1 is 1.47 bits per heavy atom. The van der Waals surface area contributed by atoms with E-state index >= 15 is 0 Å². The molecule has 0 saturated heterocycles. The first kappa shape index (κ1) is 12.4.